The predicted molar refractivity (Wildman–Crippen MR) is 65.5 cm³/mol. The number of aryl methyl sites for hydroxylation is 1. The van der Waals surface area contributed by atoms with Crippen LogP contribution in [-0.2, 0) is 11.8 Å². The van der Waals surface area contributed by atoms with Crippen molar-refractivity contribution in [1.29, 1.82) is 0 Å². The molecule has 1 heterocycles. The van der Waals surface area contributed by atoms with E-state index in [1.807, 2.05) is 13.1 Å². The minimum Gasteiger partial charge on any atom is -0.384 e. The molecule has 1 N–H and O–H groups in total. The number of nitrogens with zero attached hydrogens (tertiary/aromatic N) is 2. The summed E-state index contributed by atoms with van der Waals surface area (Å²) in [5.74, 6) is 0.471. The molecule has 0 bridgehead atoms. The van der Waals surface area contributed by atoms with E-state index in [0.717, 1.165) is 18.5 Å². The number of methoxy groups -OCH3 is 1. The van der Waals surface area contributed by atoms with E-state index in [-0.39, 0.29) is 6.10 Å². The van der Waals surface area contributed by atoms with E-state index in [1.54, 1.807) is 18.0 Å². The number of rotatable bonds is 4. The highest BCUT2D eigenvalue weighted by Crippen LogP contribution is 2.33. The van der Waals surface area contributed by atoms with Crippen LogP contribution in [0, 0.1) is 5.92 Å². The number of ether oxygens (including phenoxy) is 1. The normalized spacial score (nSPS) is 21.4. The maximum absolute atomic E-state index is 10.4. The second-order valence-electron chi connectivity index (χ2n) is 4.92. The minimum atomic E-state index is -0.574. The van der Waals surface area contributed by atoms with Crippen molar-refractivity contribution in [3.63, 3.8) is 0 Å². The third kappa shape index (κ3) is 2.69. The molecule has 4 nitrogen and oxygen atoms in total. The Kier molecular flexibility index (Phi) is 4.18. The molecule has 4 heteroatoms. The molecule has 2 unspecified atom stereocenters. The van der Waals surface area contributed by atoms with Gasteiger partial charge in [-0.25, -0.2) is 0 Å². The van der Waals surface area contributed by atoms with Crippen molar-refractivity contribution in [1.82, 2.24) is 9.78 Å². The Morgan fingerprint density at radius 2 is 2.12 bits per heavy atom. The van der Waals surface area contributed by atoms with Gasteiger partial charge in [0.1, 0.15) is 6.10 Å². The van der Waals surface area contributed by atoms with Crippen LogP contribution < -0.4 is 0 Å². The van der Waals surface area contributed by atoms with Gasteiger partial charge in [-0.3, -0.25) is 4.68 Å². The van der Waals surface area contributed by atoms with E-state index in [1.165, 1.54) is 19.3 Å². The van der Waals surface area contributed by atoms with Crippen LogP contribution in [0.25, 0.3) is 0 Å². The molecule has 0 radical (unpaired) electrons. The lowest BCUT2D eigenvalue weighted by Gasteiger charge is -2.32. The van der Waals surface area contributed by atoms with Gasteiger partial charge in [0.05, 0.1) is 11.8 Å². The highest BCUT2D eigenvalue weighted by Gasteiger charge is 2.31. The van der Waals surface area contributed by atoms with Crippen LogP contribution in [0.3, 0.4) is 0 Å². The van der Waals surface area contributed by atoms with Crippen LogP contribution in [0.5, 0.6) is 0 Å². The van der Waals surface area contributed by atoms with Crippen molar-refractivity contribution in [2.24, 2.45) is 13.0 Å². The molecule has 1 aliphatic carbocycles. The van der Waals surface area contributed by atoms with Gasteiger partial charge in [-0.2, -0.15) is 5.10 Å². The average molecular weight is 238 g/mol. The van der Waals surface area contributed by atoms with Crippen molar-refractivity contribution in [3.05, 3.63) is 18.0 Å². The molecule has 1 aromatic heterocycles. The van der Waals surface area contributed by atoms with Crippen LogP contribution in [0.4, 0.5) is 0 Å². The molecule has 0 saturated heterocycles. The van der Waals surface area contributed by atoms with Crippen LogP contribution in [0.2, 0.25) is 0 Å². The molecule has 1 fully saturated rings. The summed E-state index contributed by atoms with van der Waals surface area (Å²) in [4.78, 5) is 0. The Morgan fingerprint density at radius 3 is 2.65 bits per heavy atom. The summed E-state index contributed by atoms with van der Waals surface area (Å²) in [5, 5.41) is 14.5. The van der Waals surface area contributed by atoms with E-state index in [4.69, 9.17) is 4.74 Å². The first-order chi connectivity index (χ1) is 8.24. The Bertz CT molecular complexity index is 345. The average Bonchev–Trinajstić information content (AvgIpc) is 2.77. The molecule has 0 aromatic carbocycles. The fraction of sp³-hybridized carbons (Fsp3) is 0.769. The quantitative estimate of drug-likeness (QED) is 0.873. The summed E-state index contributed by atoms with van der Waals surface area (Å²) in [6, 6.07) is 1.86. The zero-order chi connectivity index (χ0) is 12.3. The Labute approximate surface area is 103 Å². The summed E-state index contributed by atoms with van der Waals surface area (Å²) >= 11 is 0. The second-order valence-corrected chi connectivity index (χ2v) is 4.92. The molecule has 1 aromatic rings. The topological polar surface area (TPSA) is 47.3 Å². The Balaban J connectivity index is 2.09. The molecular weight excluding hydrogens is 216 g/mol. The number of hydrogen-bond acceptors (Lipinski definition) is 3. The fourth-order valence-corrected chi connectivity index (χ4v) is 2.88. The van der Waals surface area contributed by atoms with Crippen molar-refractivity contribution in [3.8, 4) is 0 Å². The van der Waals surface area contributed by atoms with Crippen LogP contribution >= 0.6 is 0 Å². The second kappa shape index (κ2) is 5.65. The third-order valence-corrected chi connectivity index (χ3v) is 3.86. The van der Waals surface area contributed by atoms with Gasteiger partial charge in [-0.05, 0) is 24.8 Å². The molecule has 1 saturated carbocycles. The Hall–Kier alpha value is -0.870. The van der Waals surface area contributed by atoms with Gasteiger partial charge in [0.15, 0.2) is 0 Å². The summed E-state index contributed by atoms with van der Waals surface area (Å²) < 4.78 is 7.26. The standard InChI is InChI=1S/C13H22N2O2/c1-15-11(8-9-14-15)12(16)13(17-2)10-6-4-3-5-7-10/h8-10,12-13,16H,3-7H2,1-2H3. The predicted octanol–water partition coefficient (Wildman–Crippen LogP) is 2.05. The van der Waals surface area contributed by atoms with Crippen molar-refractivity contribution in [2.45, 2.75) is 44.3 Å². The van der Waals surface area contributed by atoms with Crippen molar-refractivity contribution in [2.75, 3.05) is 7.11 Å². The molecule has 17 heavy (non-hydrogen) atoms. The molecule has 2 atom stereocenters. The molecule has 0 amide bonds. The van der Waals surface area contributed by atoms with Crippen molar-refractivity contribution < 1.29 is 9.84 Å². The van der Waals surface area contributed by atoms with E-state index >= 15 is 0 Å². The zero-order valence-corrected chi connectivity index (χ0v) is 10.7. The maximum Gasteiger partial charge on any atom is 0.122 e. The van der Waals surface area contributed by atoms with Gasteiger partial charge >= 0.3 is 0 Å². The summed E-state index contributed by atoms with van der Waals surface area (Å²) in [7, 11) is 3.55. The molecule has 0 aliphatic heterocycles. The van der Waals surface area contributed by atoms with E-state index in [0.29, 0.717) is 5.92 Å². The highest BCUT2D eigenvalue weighted by atomic mass is 16.5. The van der Waals surface area contributed by atoms with Gasteiger partial charge in [0, 0.05) is 20.4 Å². The van der Waals surface area contributed by atoms with E-state index in [2.05, 4.69) is 5.10 Å². The lowest BCUT2D eigenvalue weighted by molar-refractivity contribution is -0.0588. The monoisotopic (exact) mass is 238 g/mol. The zero-order valence-electron chi connectivity index (χ0n) is 10.7. The summed E-state index contributed by atoms with van der Waals surface area (Å²) in [6.45, 7) is 0. The first-order valence-corrected chi connectivity index (χ1v) is 6.43. The largest absolute Gasteiger partial charge is 0.384 e. The molecule has 96 valence electrons. The maximum atomic E-state index is 10.4. The first kappa shape index (κ1) is 12.6. The van der Waals surface area contributed by atoms with E-state index in [9.17, 15) is 5.11 Å². The van der Waals surface area contributed by atoms with Gasteiger partial charge in [-0.1, -0.05) is 19.3 Å². The summed E-state index contributed by atoms with van der Waals surface area (Å²) in [5.41, 5.74) is 0.836. The van der Waals surface area contributed by atoms with Gasteiger partial charge in [0.25, 0.3) is 0 Å². The van der Waals surface area contributed by atoms with Gasteiger partial charge in [-0.15, -0.1) is 0 Å². The number of aliphatic hydroxyl groups excluding tert-OH is 1. The SMILES string of the molecule is COC(C1CCCCC1)C(O)c1ccnn1C. The molecular formula is C13H22N2O2. The van der Waals surface area contributed by atoms with Crippen LogP contribution in [0.15, 0.2) is 12.3 Å². The lowest BCUT2D eigenvalue weighted by atomic mass is 9.82. The highest BCUT2D eigenvalue weighted by molar-refractivity contribution is 5.07. The van der Waals surface area contributed by atoms with Gasteiger partial charge < -0.3 is 9.84 Å². The first-order valence-electron chi connectivity index (χ1n) is 6.43. The number of hydrogen-bond donors (Lipinski definition) is 1. The van der Waals surface area contributed by atoms with Crippen molar-refractivity contribution >= 4 is 0 Å². The molecule has 2 rings (SSSR count). The molecule has 0 spiro atoms. The van der Waals surface area contributed by atoms with E-state index < -0.39 is 6.10 Å². The number of aliphatic hydroxyl groups is 1. The number of aromatic nitrogens is 2. The minimum absolute atomic E-state index is 0.106. The molecule has 1 aliphatic rings. The lowest BCUT2D eigenvalue weighted by Crippen LogP contribution is -2.32. The Morgan fingerprint density at radius 1 is 1.41 bits per heavy atom. The smallest absolute Gasteiger partial charge is 0.122 e. The van der Waals surface area contributed by atoms with Crippen LogP contribution in [-0.4, -0.2) is 28.1 Å². The van der Waals surface area contributed by atoms with Gasteiger partial charge in [0.2, 0.25) is 0 Å². The fourth-order valence-electron chi connectivity index (χ4n) is 2.88. The van der Waals surface area contributed by atoms with Crippen LogP contribution in [0.1, 0.15) is 43.9 Å². The summed E-state index contributed by atoms with van der Waals surface area (Å²) in [6.07, 6.45) is 7.17. The third-order valence-electron chi connectivity index (χ3n) is 3.86.